The van der Waals surface area contributed by atoms with E-state index in [1.165, 1.54) is 33.7 Å². The molecule has 5 unspecified atom stereocenters. The van der Waals surface area contributed by atoms with Crippen molar-refractivity contribution in [1.82, 2.24) is 0 Å². The third kappa shape index (κ3) is 4.97. The van der Waals surface area contributed by atoms with Gasteiger partial charge in [-0.1, -0.05) is 18.2 Å². The molecule has 1 aromatic rings. The van der Waals surface area contributed by atoms with Crippen molar-refractivity contribution in [1.29, 1.82) is 0 Å². The molecule has 0 radical (unpaired) electrons. The molecule has 1 fully saturated rings. The standard InChI is InChI=1S/C12H19O13P3/c13-7-8(14)10(16)12(18,11(17)9(7)15)23-28(21,25-27(19,20)24-26)22-6-4-2-1-3-5-6/h1-5,7-11,13-18H,26H2,(H,19,20)/t7?,8-,9+,10-,11-,12?,28?/m1/s1. The molecule has 2 rings (SSSR count). The van der Waals surface area contributed by atoms with Crippen LogP contribution >= 0.6 is 25.1 Å². The predicted octanol–water partition coefficient (Wildman–Crippen LogP) is -1.38. The summed E-state index contributed by atoms with van der Waals surface area (Å²) in [6.07, 6.45) is -11.7. The Morgan fingerprint density at radius 2 is 1.43 bits per heavy atom. The largest absolute Gasteiger partial charge is 0.541 e. The van der Waals surface area contributed by atoms with Crippen LogP contribution in [0.2, 0.25) is 0 Å². The topological polar surface area (TPSA) is 213 Å². The maximum absolute atomic E-state index is 12.9. The van der Waals surface area contributed by atoms with Gasteiger partial charge in [0, 0.05) is 9.47 Å². The highest BCUT2D eigenvalue weighted by atomic mass is 31.3. The van der Waals surface area contributed by atoms with Gasteiger partial charge in [-0.05, 0) is 12.1 Å². The van der Waals surface area contributed by atoms with E-state index in [1.54, 1.807) is 6.07 Å². The summed E-state index contributed by atoms with van der Waals surface area (Å²) in [6, 6.07) is 6.79. The maximum atomic E-state index is 12.9. The molecule has 1 saturated carbocycles. The first-order chi connectivity index (χ1) is 12.9. The lowest BCUT2D eigenvalue weighted by Crippen LogP contribution is -2.71. The fraction of sp³-hybridized carbons (Fsp3) is 0.500. The maximum Gasteiger partial charge on any atom is 0.541 e. The Labute approximate surface area is 160 Å². The zero-order valence-corrected chi connectivity index (χ0v) is 16.8. The van der Waals surface area contributed by atoms with E-state index in [0.717, 1.165) is 0 Å². The zero-order valence-electron chi connectivity index (χ0n) is 13.8. The van der Waals surface area contributed by atoms with Gasteiger partial charge < -0.3 is 40.1 Å². The second kappa shape index (κ2) is 8.71. The Balaban J connectivity index is 2.43. The first kappa shape index (κ1) is 23.8. The molecular formula is C12H19O13P3. The van der Waals surface area contributed by atoms with Crippen molar-refractivity contribution < 1.29 is 62.3 Å². The van der Waals surface area contributed by atoms with E-state index in [2.05, 4.69) is 13.1 Å². The van der Waals surface area contributed by atoms with Crippen molar-refractivity contribution in [3.63, 3.8) is 0 Å². The van der Waals surface area contributed by atoms with Crippen molar-refractivity contribution in [2.45, 2.75) is 36.3 Å². The van der Waals surface area contributed by atoms with Gasteiger partial charge >= 0.3 is 15.6 Å². The van der Waals surface area contributed by atoms with Gasteiger partial charge in [0.1, 0.15) is 36.3 Å². The third-order valence-electron chi connectivity index (χ3n) is 3.75. The van der Waals surface area contributed by atoms with Gasteiger partial charge in [-0.25, -0.2) is 13.7 Å². The minimum atomic E-state index is -5.39. The fourth-order valence-corrected chi connectivity index (χ4v) is 5.10. The molecule has 16 heteroatoms. The fourth-order valence-electron chi connectivity index (χ4n) is 2.33. The molecule has 0 heterocycles. The minimum absolute atomic E-state index is 0.251. The van der Waals surface area contributed by atoms with Crippen LogP contribution in [0.25, 0.3) is 0 Å². The third-order valence-corrected chi connectivity index (χ3v) is 7.39. The monoisotopic (exact) mass is 464 g/mol. The number of aliphatic hydroxyl groups excluding tert-OH is 5. The number of phosphoric ester groups is 1. The first-order valence-corrected chi connectivity index (χ1v) is 10.9. The Morgan fingerprint density at radius 1 is 0.929 bits per heavy atom. The molecule has 1 aromatic carbocycles. The molecule has 1 aliphatic rings. The van der Waals surface area contributed by atoms with Gasteiger partial charge in [0.05, 0.1) is 0 Å². The van der Waals surface area contributed by atoms with E-state index < -0.39 is 52.0 Å². The summed E-state index contributed by atoms with van der Waals surface area (Å²) in [5, 5.41) is 59.4. The van der Waals surface area contributed by atoms with E-state index in [0.29, 0.717) is 0 Å². The number of phosphoric acid groups is 2. The van der Waals surface area contributed by atoms with Gasteiger partial charge in [-0.3, -0.25) is 4.31 Å². The molecule has 0 aliphatic heterocycles. The second-order valence-electron chi connectivity index (χ2n) is 5.71. The molecule has 7 N–H and O–H groups in total. The lowest BCUT2D eigenvalue weighted by atomic mass is 9.82. The van der Waals surface area contributed by atoms with Gasteiger partial charge in [-0.2, -0.15) is 4.31 Å². The van der Waals surface area contributed by atoms with Crippen LogP contribution in [0, 0.1) is 0 Å². The number of rotatable bonds is 7. The van der Waals surface area contributed by atoms with Crippen LogP contribution in [0.5, 0.6) is 5.75 Å². The average molecular weight is 464 g/mol. The normalized spacial score (nSPS) is 37.6. The molecule has 0 spiro atoms. The van der Waals surface area contributed by atoms with Gasteiger partial charge in [-0.15, -0.1) is 0 Å². The van der Waals surface area contributed by atoms with Crippen LogP contribution in [0.15, 0.2) is 30.3 Å². The van der Waals surface area contributed by atoms with Gasteiger partial charge in [0.2, 0.25) is 5.79 Å². The molecule has 13 nitrogen and oxygen atoms in total. The molecule has 9 atom stereocenters. The van der Waals surface area contributed by atoms with Crippen molar-refractivity contribution in [3.8, 4) is 5.75 Å². The Morgan fingerprint density at radius 3 is 1.89 bits per heavy atom. The minimum Gasteiger partial charge on any atom is -0.404 e. The van der Waals surface area contributed by atoms with Crippen LogP contribution in [-0.4, -0.2) is 71.8 Å². The molecule has 28 heavy (non-hydrogen) atoms. The summed E-state index contributed by atoms with van der Waals surface area (Å²) in [7, 11) is -9.14. The highest BCUT2D eigenvalue weighted by Gasteiger charge is 2.63. The van der Waals surface area contributed by atoms with Gasteiger partial charge in [0.15, 0.2) is 0 Å². The Hall–Kier alpha value is -0.490. The summed E-state index contributed by atoms with van der Waals surface area (Å²) in [5.74, 6) is -3.71. The van der Waals surface area contributed by atoms with E-state index in [-0.39, 0.29) is 5.75 Å². The molecular weight excluding hydrogens is 445 g/mol. The van der Waals surface area contributed by atoms with Crippen LogP contribution in [0.4, 0.5) is 0 Å². The molecule has 0 saturated heterocycles. The van der Waals surface area contributed by atoms with Crippen LogP contribution in [0.3, 0.4) is 0 Å². The van der Waals surface area contributed by atoms with Gasteiger partial charge in [0.25, 0.3) is 0 Å². The lowest BCUT2D eigenvalue weighted by molar-refractivity contribution is -0.335. The summed E-state index contributed by atoms with van der Waals surface area (Å²) >= 11 is 0. The van der Waals surface area contributed by atoms with Crippen LogP contribution in [-0.2, 0) is 22.3 Å². The number of aliphatic hydroxyl groups is 6. The highest BCUT2D eigenvalue weighted by Crippen LogP contribution is 2.65. The molecule has 0 bridgehead atoms. The van der Waals surface area contributed by atoms with E-state index >= 15 is 0 Å². The number of para-hydroxylation sites is 1. The predicted molar refractivity (Wildman–Crippen MR) is 92.5 cm³/mol. The summed E-state index contributed by atoms with van der Waals surface area (Å²) in [5.41, 5.74) is 0. The summed E-state index contributed by atoms with van der Waals surface area (Å²) in [4.78, 5) is 9.44. The quantitative estimate of drug-likeness (QED) is 0.183. The van der Waals surface area contributed by atoms with E-state index in [1.807, 2.05) is 0 Å². The van der Waals surface area contributed by atoms with Crippen molar-refractivity contribution in [2.75, 3.05) is 0 Å². The van der Waals surface area contributed by atoms with Crippen molar-refractivity contribution in [3.05, 3.63) is 30.3 Å². The lowest BCUT2D eigenvalue weighted by Gasteiger charge is -2.46. The van der Waals surface area contributed by atoms with Crippen molar-refractivity contribution >= 4 is 25.1 Å². The van der Waals surface area contributed by atoms with Crippen molar-refractivity contribution in [2.24, 2.45) is 0 Å². The SMILES string of the molecule is O=P(O)(OP)OP(=O)(Oc1ccccc1)OC1(O)[C@H](O)[C@H](O)C(O)[C@H](O)[C@H]1O. The average Bonchev–Trinajstić information content (AvgIpc) is 2.63. The molecule has 160 valence electrons. The highest BCUT2D eigenvalue weighted by molar-refractivity contribution is 7.63. The molecule has 1 aliphatic carbocycles. The zero-order chi connectivity index (χ0) is 21.3. The van der Waals surface area contributed by atoms with Crippen LogP contribution < -0.4 is 4.52 Å². The summed E-state index contributed by atoms with van der Waals surface area (Å²) < 4.78 is 42.5. The number of benzene rings is 1. The number of hydrogen-bond donors (Lipinski definition) is 7. The Kier molecular flexibility index (Phi) is 7.40. The summed E-state index contributed by atoms with van der Waals surface area (Å²) in [6.45, 7) is 0. The van der Waals surface area contributed by atoms with Crippen LogP contribution in [0.1, 0.15) is 0 Å². The number of hydrogen-bond acceptors (Lipinski definition) is 12. The first-order valence-electron chi connectivity index (χ1n) is 7.46. The second-order valence-corrected chi connectivity index (χ2v) is 9.40. The molecule has 0 aromatic heterocycles. The van der Waals surface area contributed by atoms with E-state index in [9.17, 15) is 44.7 Å². The molecule has 0 amide bonds. The van der Waals surface area contributed by atoms with E-state index in [4.69, 9.17) is 4.52 Å². The smallest absolute Gasteiger partial charge is 0.404 e. The Bertz CT molecular complexity index is 744.